The molecule has 0 N–H and O–H groups in total. The lowest BCUT2D eigenvalue weighted by Gasteiger charge is -2.40. The van der Waals surface area contributed by atoms with Gasteiger partial charge in [-0.15, -0.1) is 0 Å². The number of halogens is 7. The molecule has 3 fully saturated rings. The van der Waals surface area contributed by atoms with Crippen molar-refractivity contribution in [1.82, 2.24) is 14.9 Å². The maximum absolute atomic E-state index is 15.5. The molecule has 0 unspecified atom stereocenters. The zero-order valence-corrected chi connectivity index (χ0v) is 21.0. The van der Waals surface area contributed by atoms with E-state index >= 15 is 4.39 Å². The van der Waals surface area contributed by atoms with E-state index in [9.17, 15) is 22.0 Å². The van der Waals surface area contributed by atoms with Crippen molar-refractivity contribution in [2.24, 2.45) is 11.3 Å². The Morgan fingerprint density at radius 1 is 1.38 bits per heavy atom. The number of likely N-dealkylation sites (tertiary alicyclic amines) is 1. The third kappa shape index (κ3) is 4.78. The minimum Gasteiger partial charge on any atom is -0.462 e. The van der Waals surface area contributed by atoms with Crippen LogP contribution in [0.3, 0.4) is 0 Å². The Labute approximate surface area is 224 Å². The van der Waals surface area contributed by atoms with E-state index in [0.29, 0.717) is 6.07 Å². The van der Waals surface area contributed by atoms with Crippen LogP contribution in [0.15, 0.2) is 22.4 Å². The number of ether oxygens (including phenoxy) is 2. The van der Waals surface area contributed by atoms with Crippen molar-refractivity contribution in [2.45, 2.75) is 31.7 Å². The number of fused-ring (bicyclic) bond motifs is 2. The SMILES string of the molecule is [2H]C([2H])([2H])N1CC/C(=C\F)[C@](C)(C([2H])([2H])Oc2nc(N3CCOC[C@H]4[C@H](F)[C@H]43)c3cc(C(F)(F)F)c(Br)c(F)c3n2)C1. The van der Waals surface area contributed by atoms with E-state index in [4.69, 9.17) is 16.3 Å². The first-order valence-corrected chi connectivity index (χ1v) is 12.2. The van der Waals surface area contributed by atoms with E-state index in [-0.39, 0.29) is 50.4 Å². The Bertz CT molecular complexity index is 1430. The molecule has 202 valence electrons. The molecule has 6 nitrogen and oxygen atoms in total. The molecule has 5 rings (SSSR count). The molecular formula is C24H25BrF6N4O2. The second-order valence-electron chi connectivity index (χ2n) is 9.49. The molecule has 1 saturated carbocycles. The fourth-order valence-corrected chi connectivity index (χ4v) is 5.38. The van der Waals surface area contributed by atoms with Gasteiger partial charge in [-0.05, 0) is 41.0 Å². The highest BCUT2D eigenvalue weighted by Gasteiger charge is 2.56. The molecule has 1 aromatic heterocycles. The van der Waals surface area contributed by atoms with Gasteiger partial charge in [-0.3, -0.25) is 0 Å². The number of anilines is 1. The first-order valence-electron chi connectivity index (χ1n) is 13.9. The lowest BCUT2D eigenvalue weighted by molar-refractivity contribution is -0.138. The standard InChI is InChI=1S/C24H25BrF6N4O2/c1-23(10-34(2)4-3-12(23)8-26)11-37-22-32-19-13(7-15(24(29,30)31)16(25)18(19)28)21(33-22)35-5-6-36-9-14-17(27)20(14)35/h7-8,14,17,20H,3-6,9-11H2,1-2H3/b12-8+/t14-,17-,20-,23-/m0/s1/i2D3,11D2. The summed E-state index contributed by atoms with van der Waals surface area (Å²) in [6, 6.07) is -1.05. The van der Waals surface area contributed by atoms with Crippen LogP contribution in [-0.2, 0) is 10.9 Å². The number of piperidine rings is 1. The predicted octanol–water partition coefficient (Wildman–Crippen LogP) is 5.30. The van der Waals surface area contributed by atoms with Crippen molar-refractivity contribution in [1.29, 1.82) is 0 Å². The van der Waals surface area contributed by atoms with E-state index < -0.39 is 82.6 Å². The van der Waals surface area contributed by atoms with E-state index in [1.807, 2.05) is 0 Å². The molecule has 0 amide bonds. The van der Waals surface area contributed by atoms with Crippen LogP contribution < -0.4 is 9.64 Å². The van der Waals surface area contributed by atoms with Gasteiger partial charge in [0, 0.05) is 40.5 Å². The maximum Gasteiger partial charge on any atom is 0.417 e. The van der Waals surface area contributed by atoms with Gasteiger partial charge in [0.1, 0.15) is 24.1 Å². The summed E-state index contributed by atoms with van der Waals surface area (Å²) in [7, 11) is 0. The van der Waals surface area contributed by atoms with Crippen molar-refractivity contribution >= 4 is 32.7 Å². The van der Waals surface area contributed by atoms with Gasteiger partial charge >= 0.3 is 12.2 Å². The maximum atomic E-state index is 15.5. The minimum atomic E-state index is -4.98. The lowest BCUT2D eigenvalue weighted by Crippen LogP contribution is -2.44. The van der Waals surface area contributed by atoms with Crippen LogP contribution in [0.1, 0.15) is 25.8 Å². The van der Waals surface area contributed by atoms with Gasteiger partial charge in [0.25, 0.3) is 0 Å². The van der Waals surface area contributed by atoms with E-state index in [1.165, 1.54) is 11.8 Å². The molecule has 0 bridgehead atoms. The second kappa shape index (κ2) is 9.57. The van der Waals surface area contributed by atoms with Crippen LogP contribution >= 0.6 is 15.9 Å². The molecule has 2 aliphatic heterocycles. The van der Waals surface area contributed by atoms with Gasteiger partial charge in [0.15, 0.2) is 5.82 Å². The van der Waals surface area contributed by atoms with Crippen molar-refractivity contribution < 1.29 is 42.7 Å². The van der Waals surface area contributed by atoms with E-state index in [0.717, 1.165) is 4.90 Å². The zero-order chi connectivity index (χ0) is 31.0. The average Bonchev–Trinajstić information content (AvgIpc) is 3.58. The molecule has 1 aromatic carbocycles. The summed E-state index contributed by atoms with van der Waals surface area (Å²) in [6.07, 6.45) is -6.36. The quantitative estimate of drug-likeness (QED) is 0.445. The highest BCUT2D eigenvalue weighted by Crippen LogP contribution is 2.46. The summed E-state index contributed by atoms with van der Waals surface area (Å²) < 4.78 is 136. The van der Waals surface area contributed by atoms with Crippen LogP contribution in [0.2, 0.25) is 0 Å². The highest BCUT2D eigenvalue weighted by atomic mass is 79.9. The van der Waals surface area contributed by atoms with Gasteiger partial charge in [0.2, 0.25) is 0 Å². The number of benzene rings is 1. The summed E-state index contributed by atoms with van der Waals surface area (Å²) in [5.41, 5.74) is -4.03. The minimum absolute atomic E-state index is 0.0287. The number of hydrogen-bond donors (Lipinski definition) is 0. The number of hydrogen-bond acceptors (Lipinski definition) is 6. The summed E-state index contributed by atoms with van der Waals surface area (Å²) in [6.45, 7) is -4.79. The molecule has 2 aromatic rings. The van der Waals surface area contributed by atoms with Crippen LogP contribution in [0.25, 0.3) is 10.9 Å². The van der Waals surface area contributed by atoms with Crippen molar-refractivity contribution in [3.05, 3.63) is 33.8 Å². The topological polar surface area (TPSA) is 50.7 Å². The molecule has 0 spiro atoms. The number of nitrogens with zero attached hydrogens (tertiary/aromatic N) is 4. The summed E-state index contributed by atoms with van der Waals surface area (Å²) in [4.78, 5) is 10.3. The van der Waals surface area contributed by atoms with Crippen LogP contribution in [-0.4, -0.2) is 73.5 Å². The molecular weight excluding hydrogens is 570 g/mol. The Hall–Kier alpha value is -2.12. The highest BCUT2D eigenvalue weighted by molar-refractivity contribution is 9.10. The van der Waals surface area contributed by atoms with Gasteiger partial charge in [0.05, 0.1) is 38.4 Å². The predicted molar refractivity (Wildman–Crippen MR) is 127 cm³/mol. The van der Waals surface area contributed by atoms with Crippen LogP contribution in [0, 0.1) is 17.2 Å². The molecule has 4 atom stereocenters. The van der Waals surface area contributed by atoms with Gasteiger partial charge in [-0.2, -0.15) is 23.1 Å². The summed E-state index contributed by atoms with van der Waals surface area (Å²) >= 11 is 2.63. The Morgan fingerprint density at radius 3 is 2.86 bits per heavy atom. The Balaban J connectivity index is 1.65. The second-order valence-corrected chi connectivity index (χ2v) is 10.3. The molecule has 1 aliphatic carbocycles. The van der Waals surface area contributed by atoms with Crippen LogP contribution in [0.4, 0.5) is 32.2 Å². The molecule has 13 heteroatoms. The van der Waals surface area contributed by atoms with E-state index in [2.05, 4.69) is 25.9 Å². The smallest absolute Gasteiger partial charge is 0.417 e. The fourth-order valence-electron chi connectivity index (χ4n) is 4.85. The van der Waals surface area contributed by atoms with Crippen molar-refractivity contribution in [2.75, 3.05) is 51.3 Å². The number of alkyl halides is 4. The first kappa shape index (κ1) is 20.8. The largest absolute Gasteiger partial charge is 0.462 e. The molecule has 37 heavy (non-hydrogen) atoms. The van der Waals surface area contributed by atoms with E-state index in [1.54, 1.807) is 0 Å². The van der Waals surface area contributed by atoms with Gasteiger partial charge < -0.3 is 19.3 Å². The molecule has 3 aliphatic rings. The van der Waals surface area contributed by atoms with Crippen molar-refractivity contribution in [3.8, 4) is 6.01 Å². The average molecular weight is 600 g/mol. The monoisotopic (exact) mass is 599 g/mol. The number of aromatic nitrogens is 2. The number of rotatable bonds is 4. The Kier molecular flexibility index (Phi) is 5.38. The lowest BCUT2D eigenvalue weighted by atomic mass is 9.78. The third-order valence-corrected chi connectivity index (χ3v) is 7.73. The van der Waals surface area contributed by atoms with Gasteiger partial charge in [-0.25, -0.2) is 13.2 Å². The molecule has 3 heterocycles. The van der Waals surface area contributed by atoms with Gasteiger partial charge in [-0.1, -0.05) is 6.92 Å². The third-order valence-electron chi connectivity index (χ3n) is 6.95. The zero-order valence-electron chi connectivity index (χ0n) is 24.4. The first-order chi connectivity index (χ1) is 19.4. The summed E-state index contributed by atoms with van der Waals surface area (Å²) in [5.74, 6) is -2.38. The summed E-state index contributed by atoms with van der Waals surface area (Å²) in [5, 5.41) is -0.419. The normalized spacial score (nSPS) is 32.6. The Morgan fingerprint density at radius 2 is 2.16 bits per heavy atom. The molecule has 2 saturated heterocycles. The molecule has 0 radical (unpaired) electrons. The van der Waals surface area contributed by atoms with Crippen LogP contribution in [0.5, 0.6) is 6.01 Å². The fraction of sp³-hybridized carbons (Fsp3) is 0.583. The van der Waals surface area contributed by atoms with Crippen molar-refractivity contribution in [3.63, 3.8) is 0 Å².